The van der Waals surface area contributed by atoms with Crippen LogP contribution in [0.5, 0.6) is 0 Å². The monoisotopic (exact) mass is 192 g/mol. The number of fused-ring (bicyclic) bond motifs is 1. The zero-order valence-electron chi connectivity index (χ0n) is 7.91. The van der Waals surface area contributed by atoms with Gasteiger partial charge in [0.1, 0.15) is 11.5 Å². The lowest BCUT2D eigenvalue weighted by Gasteiger charge is -2.04. The van der Waals surface area contributed by atoms with Crippen LogP contribution in [0.1, 0.15) is 5.69 Å². The van der Waals surface area contributed by atoms with Crippen molar-refractivity contribution in [3.8, 4) is 0 Å². The molecular formula is C10H9FN2O. The molecule has 0 unspecified atom stereocenters. The van der Waals surface area contributed by atoms with Crippen molar-refractivity contribution in [2.45, 2.75) is 6.92 Å². The molecule has 1 aromatic carbocycles. The molecule has 0 amide bonds. The van der Waals surface area contributed by atoms with Crippen LogP contribution in [0.2, 0.25) is 0 Å². The van der Waals surface area contributed by atoms with Crippen molar-refractivity contribution in [2.24, 2.45) is 7.05 Å². The number of rotatable bonds is 0. The van der Waals surface area contributed by atoms with E-state index in [0.29, 0.717) is 16.7 Å². The Morgan fingerprint density at radius 1 is 1.43 bits per heavy atom. The van der Waals surface area contributed by atoms with Crippen molar-refractivity contribution in [3.05, 3.63) is 40.1 Å². The van der Waals surface area contributed by atoms with Crippen molar-refractivity contribution in [1.82, 2.24) is 9.55 Å². The standard InChI is InChI=1S/C10H9FN2O/c1-6-10(14)13(2)9-5-7(11)3-4-8(9)12-6/h3-5H,1-2H3. The highest BCUT2D eigenvalue weighted by Gasteiger charge is 2.04. The molecule has 0 aliphatic carbocycles. The summed E-state index contributed by atoms with van der Waals surface area (Å²) in [5.41, 5.74) is 1.38. The molecular weight excluding hydrogens is 183 g/mol. The van der Waals surface area contributed by atoms with Crippen molar-refractivity contribution in [3.63, 3.8) is 0 Å². The molecule has 2 rings (SSSR count). The predicted octanol–water partition coefficient (Wildman–Crippen LogP) is 1.38. The molecule has 4 heteroatoms. The van der Waals surface area contributed by atoms with Gasteiger partial charge in [-0.05, 0) is 25.1 Å². The first kappa shape index (κ1) is 8.87. The zero-order chi connectivity index (χ0) is 10.3. The topological polar surface area (TPSA) is 34.9 Å². The maximum absolute atomic E-state index is 12.9. The van der Waals surface area contributed by atoms with Crippen molar-refractivity contribution < 1.29 is 4.39 Å². The first-order chi connectivity index (χ1) is 6.59. The lowest BCUT2D eigenvalue weighted by molar-refractivity contribution is 0.628. The molecule has 0 saturated carbocycles. The second kappa shape index (κ2) is 2.90. The Balaban J connectivity index is 2.99. The van der Waals surface area contributed by atoms with E-state index in [1.54, 1.807) is 20.0 Å². The Kier molecular flexibility index (Phi) is 1.84. The molecule has 0 aliphatic rings. The number of nitrogens with zero attached hydrogens (tertiary/aromatic N) is 2. The SMILES string of the molecule is Cc1nc2ccc(F)cc2n(C)c1=O. The molecule has 0 saturated heterocycles. The Hall–Kier alpha value is -1.71. The van der Waals surface area contributed by atoms with Gasteiger partial charge in [-0.3, -0.25) is 4.79 Å². The third kappa shape index (κ3) is 1.19. The van der Waals surface area contributed by atoms with E-state index in [-0.39, 0.29) is 11.4 Å². The minimum atomic E-state index is -0.363. The van der Waals surface area contributed by atoms with Gasteiger partial charge in [0.2, 0.25) is 0 Å². The van der Waals surface area contributed by atoms with Crippen molar-refractivity contribution in [2.75, 3.05) is 0 Å². The van der Waals surface area contributed by atoms with E-state index in [0.717, 1.165) is 0 Å². The largest absolute Gasteiger partial charge is 0.308 e. The minimum absolute atomic E-state index is 0.192. The summed E-state index contributed by atoms with van der Waals surface area (Å²) in [4.78, 5) is 15.5. The minimum Gasteiger partial charge on any atom is -0.308 e. The summed E-state index contributed by atoms with van der Waals surface area (Å²) in [7, 11) is 1.61. The molecule has 1 heterocycles. The van der Waals surface area contributed by atoms with Crippen LogP contribution in [-0.4, -0.2) is 9.55 Å². The van der Waals surface area contributed by atoms with Crippen LogP contribution in [-0.2, 0) is 7.05 Å². The molecule has 1 aromatic heterocycles. The molecule has 2 aromatic rings. The van der Waals surface area contributed by atoms with E-state index < -0.39 is 0 Å². The summed E-state index contributed by atoms with van der Waals surface area (Å²) in [6, 6.07) is 4.21. The molecule has 0 spiro atoms. The summed E-state index contributed by atoms with van der Waals surface area (Å²) in [5.74, 6) is -0.363. The van der Waals surface area contributed by atoms with Crippen molar-refractivity contribution >= 4 is 11.0 Å². The quantitative estimate of drug-likeness (QED) is 0.632. The van der Waals surface area contributed by atoms with Gasteiger partial charge in [0.25, 0.3) is 5.56 Å². The Bertz CT molecular complexity index is 560. The normalized spacial score (nSPS) is 10.8. The lowest BCUT2D eigenvalue weighted by atomic mass is 10.3. The number of halogens is 1. The van der Waals surface area contributed by atoms with E-state index in [1.165, 1.54) is 16.7 Å². The van der Waals surface area contributed by atoms with Gasteiger partial charge in [0.15, 0.2) is 0 Å². The first-order valence-corrected chi connectivity index (χ1v) is 4.22. The smallest absolute Gasteiger partial charge is 0.272 e. The average molecular weight is 192 g/mol. The van der Waals surface area contributed by atoms with Gasteiger partial charge >= 0.3 is 0 Å². The van der Waals surface area contributed by atoms with Gasteiger partial charge in [-0.15, -0.1) is 0 Å². The van der Waals surface area contributed by atoms with E-state index in [1.807, 2.05) is 0 Å². The maximum atomic E-state index is 12.9. The average Bonchev–Trinajstić information content (AvgIpc) is 2.16. The van der Waals surface area contributed by atoms with Crippen LogP contribution in [0.25, 0.3) is 11.0 Å². The van der Waals surface area contributed by atoms with Crippen LogP contribution >= 0.6 is 0 Å². The molecule has 0 atom stereocenters. The Morgan fingerprint density at radius 2 is 2.14 bits per heavy atom. The lowest BCUT2D eigenvalue weighted by Crippen LogP contribution is -2.21. The summed E-state index contributed by atoms with van der Waals surface area (Å²) >= 11 is 0. The van der Waals surface area contributed by atoms with E-state index >= 15 is 0 Å². The fraction of sp³-hybridized carbons (Fsp3) is 0.200. The Morgan fingerprint density at radius 3 is 2.86 bits per heavy atom. The molecule has 0 bridgehead atoms. The first-order valence-electron chi connectivity index (χ1n) is 4.22. The second-order valence-electron chi connectivity index (χ2n) is 3.19. The third-order valence-electron chi connectivity index (χ3n) is 2.20. The summed E-state index contributed by atoms with van der Waals surface area (Å²) < 4.78 is 14.3. The van der Waals surface area contributed by atoms with Crippen LogP contribution in [0.3, 0.4) is 0 Å². The van der Waals surface area contributed by atoms with Gasteiger partial charge in [0.05, 0.1) is 11.0 Å². The highest BCUT2D eigenvalue weighted by Crippen LogP contribution is 2.10. The highest BCUT2D eigenvalue weighted by molar-refractivity contribution is 5.74. The molecule has 0 aliphatic heterocycles. The van der Waals surface area contributed by atoms with Crippen LogP contribution in [0.4, 0.5) is 4.39 Å². The molecule has 0 radical (unpaired) electrons. The van der Waals surface area contributed by atoms with Gasteiger partial charge in [-0.2, -0.15) is 0 Å². The van der Waals surface area contributed by atoms with E-state index in [9.17, 15) is 9.18 Å². The van der Waals surface area contributed by atoms with E-state index in [4.69, 9.17) is 0 Å². The van der Waals surface area contributed by atoms with E-state index in [2.05, 4.69) is 4.98 Å². The van der Waals surface area contributed by atoms with Gasteiger partial charge in [-0.1, -0.05) is 0 Å². The summed E-state index contributed by atoms with van der Waals surface area (Å²) in [6.45, 7) is 1.64. The van der Waals surface area contributed by atoms with Gasteiger partial charge in [0, 0.05) is 7.05 Å². The molecule has 72 valence electrons. The second-order valence-corrected chi connectivity index (χ2v) is 3.19. The van der Waals surface area contributed by atoms with Crippen LogP contribution < -0.4 is 5.56 Å². The predicted molar refractivity (Wildman–Crippen MR) is 51.7 cm³/mol. The van der Waals surface area contributed by atoms with Gasteiger partial charge < -0.3 is 4.57 Å². The summed E-state index contributed by atoms with van der Waals surface area (Å²) in [5, 5.41) is 0. The van der Waals surface area contributed by atoms with Crippen LogP contribution in [0.15, 0.2) is 23.0 Å². The summed E-state index contributed by atoms with van der Waals surface area (Å²) in [6.07, 6.45) is 0. The fourth-order valence-corrected chi connectivity index (χ4v) is 1.44. The van der Waals surface area contributed by atoms with Crippen LogP contribution in [0, 0.1) is 12.7 Å². The number of benzene rings is 1. The number of hydrogen-bond donors (Lipinski definition) is 0. The molecule has 14 heavy (non-hydrogen) atoms. The zero-order valence-corrected chi connectivity index (χ0v) is 7.91. The Labute approximate surface area is 79.8 Å². The van der Waals surface area contributed by atoms with Crippen molar-refractivity contribution in [1.29, 1.82) is 0 Å². The number of aryl methyl sites for hydroxylation is 2. The fourth-order valence-electron chi connectivity index (χ4n) is 1.44. The molecule has 3 nitrogen and oxygen atoms in total. The van der Waals surface area contributed by atoms with Gasteiger partial charge in [-0.25, -0.2) is 9.37 Å². The third-order valence-corrected chi connectivity index (χ3v) is 2.20. The molecule has 0 fully saturated rings. The molecule has 0 N–H and O–H groups in total. The number of hydrogen-bond acceptors (Lipinski definition) is 2. The maximum Gasteiger partial charge on any atom is 0.272 e. The highest BCUT2D eigenvalue weighted by atomic mass is 19.1. The number of aromatic nitrogens is 2.